The molecule has 17 heavy (non-hydrogen) atoms. The Morgan fingerprint density at radius 3 is 2.12 bits per heavy atom. The maximum atomic E-state index is 11.9. The first-order chi connectivity index (χ1) is 7.30. The van der Waals surface area contributed by atoms with Crippen LogP contribution in [-0.2, 0) is 4.79 Å². The van der Waals surface area contributed by atoms with Crippen molar-refractivity contribution in [3.05, 3.63) is 41.5 Å². The van der Waals surface area contributed by atoms with Gasteiger partial charge in [-0.25, -0.2) is 0 Å². The van der Waals surface area contributed by atoms with E-state index in [1.54, 1.807) is 19.1 Å². The summed E-state index contributed by atoms with van der Waals surface area (Å²) in [5, 5.41) is 11.2. The first-order valence-corrected chi connectivity index (χ1v) is 4.37. The predicted octanol–water partition coefficient (Wildman–Crippen LogP) is 1.45. The summed E-state index contributed by atoms with van der Waals surface area (Å²) >= 11 is 0. The summed E-state index contributed by atoms with van der Waals surface area (Å²) in [6.07, 6.45) is -4.94. The minimum absolute atomic E-state index is 0. The quantitative estimate of drug-likeness (QED) is 0.454. The Morgan fingerprint density at radius 1 is 1.24 bits per heavy atom. The largest absolute Gasteiger partial charge is 0.872 e. The van der Waals surface area contributed by atoms with E-state index < -0.39 is 17.7 Å². The molecule has 1 aromatic carbocycles. The monoisotopic (exact) mass is 252 g/mol. The third-order valence-corrected chi connectivity index (χ3v) is 1.88. The van der Waals surface area contributed by atoms with Crippen molar-refractivity contribution in [2.45, 2.75) is 13.1 Å². The number of ketones is 1. The average Bonchev–Trinajstić information content (AvgIpc) is 2.17. The van der Waals surface area contributed by atoms with E-state index in [-0.39, 0.29) is 41.2 Å². The van der Waals surface area contributed by atoms with Crippen LogP contribution in [-0.4, -0.2) is 41.5 Å². The third kappa shape index (κ3) is 4.93. The Hall–Kier alpha value is -0.780. The molecule has 6 heteroatoms. The number of benzene rings is 1. The van der Waals surface area contributed by atoms with Crippen LogP contribution in [0.5, 0.6) is 0 Å². The van der Waals surface area contributed by atoms with E-state index in [2.05, 4.69) is 0 Å². The van der Waals surface area contributed by atoms with Gasteiger partial charge in [0.1, 0.15) is 0 Å². The SMILES string of the molecule is Cc1ccc(/C([O-])=C/C(=O)C(F)(F)F)cc1.[Na]. The van der Waals surface area contributed by atoms with E-state index in [1.807, 2.05) is 0 Å². The topological polar surface area (TPSA) is 40.1 Å². The first-order valence-electron chi connectivity index (χ1n) is 4.37. The van der Waals surface area contributed by atoms with Gasteiger partial charge in [-0.2, -0.15) is 13.2 Å². The molecule has 0 saturated heterocycles. The molecule has 0 aliphatic carbocycles. The minimum atomic E-state index is -5.00. The van der Waals surface area contributed by atoms with E-state index in [1.165, 1.54) is 12.1 Å². The maximum absolute atomic E-state index is 11.9. The molecule has 0 saturated carbocycles. The minimum Gasteiger partial charge on any atom is -0.872 e. The number of allylic oxidation sites excluding steroid dienone is 1. The number of hydrogen-bond acceptors (Lipinski definition) is 2. The molecular formula is C11H8F3NaO2-. The Labute approximate surface area is 118 Å². The van der Waals surface area contributed by atoms with E-state index in [0.717, 1.165) is 5.56 Å². The molecular weight excluding hydrogens is 244 g/mol. The van der Waals surface area contributed by atoms with Gasteiger partial charge in [-0.05, 0) is 18.6 Å². The van der Waals surface area contributed by atoms with E-state index in [9.17, 15) is 23.1 Å². The molecule has 87 valence electrons. The Kier molecular flexibility index (Phi) is 5.95. The van der Waals surface area contributed by atoms with E-state index in [0.29, 0.717) is 0 Å². The summed E-state index contributed by atoms with van der Waals surface area (Å²) in [4.78, 5) is 10.5. The van der Waals surface area contributed by atoms with Crippen LogP contribution in [0.3, 0.4) is 0 Å². The van der Waals surface area contributed by atoms with Crippen molar-refractivity contribution < 1.29 is 23.1 Å². The molecule has 0 spiro atoms. The number of hydrogen-bond donors (Lipinski definition) is 0. The van der Waals surface area contributed by atoms with Crippen LogP contribution >= 0.6 is 0 Å². The van der Waals surface area contributed by atoms with Crippen molar-refractivity contribution in [2.24, 2.45) is 0 Å². The van der Waals surface area contributed by atoms with Crippen LogP contribution in [0.4, 0.5) is 13.2 Å². The van der Waals surface area contributed by atoms with Crippen LogP contribution < -0.4 is 5.11 Å². The molecule has 0 bridgehead atoms. The number of aryl methyl sites for hydroxylation is 1. The molecule has 0 N–H and O–H groups in total. The zero-order valence-corrected chi connectivity index (χ0v) is 11.3. The van der Waals surface area contributed by atoms with Crippen molar-refractivity contribution in [3.63, 3.8) is 0 Å². The predicted molar refractivity (Wildman–Crippen MR) is 56.0 cm³/mol. The molecule has 0 aliphatic rings. The Bertz CT molecular complexity index is 421. The van der Waals surface area contributed by atoms with Gasteiger partial charge >= 0.3 is 6.18 Å². The number of carbonyl (C=O) groups excluding carboxylic acids is 1. The zero-order chi connectivity index (χ0) is 12.3. The van der Waals surface area contributed by atoms with Gasteiger partial charge in [0.05, 0.1) is 0 Å². The van der Waals surface area contributed by atoms with Crippen LogP contribution in [0.25, 0.3) is 5.76 Å². The average molecular weight is 252 g/mol. The summed E-state index contributed by atoms with van der Waals surface area (Å²) in [6.45, 7) is 1.78. The van der Waals surface area contributed by atoms with Gasteiger partial charge in [-0.3, -0.25) is 4.79 Å². The van der Waals surface area contributed by atoms with E-state index in [4.69, 9.17) is 0 Å². The number of halogens is 3. The van der Waals surface area contributed by atoms with Crippen LogP contribution in [0.1, 0.15) is 11.1 Å². The van der Waals surface area contributed by atoms with Crippen LogP contribution in [0, 0.1) is 6.92 Å². The summed E-state index contributed by atoms with van der Waals surface area (Å²) in [5.74, 6) is -3.08. The first kappa shape index (κ1) is 16.2. The van der Waals surface area contributed by atoms with Crippen molar-refractivity contribution in [1.29, 1.82) is 0 Å². The number of rotatable bonds is 2. The smallest absolute Gasteiger partial charge is 0.454 e. The second kappa shape index (κ2) is 6.23. The van der Waals surface area contributed by atoms with E-state index >= 15 is 0 Å². The molecule has 2 nitrogen and oxygen atoms in total. The summed E-state index contributed by atoms with van der Waals surface area (Å²) in [7, 11) is 0. The van der Waals surface area contributed by atoms with Gasteiger partial charge in [0, 0.05) is 29.6 Å². The second-order valence-electron chi connectivity index (χ2n) is 3.24. The number of alkyl halides is 3. The van der Waals surface area contributed by atoms with Gasteiger partial charge in [0.15, 0.2) is 0 Å². The van der Waals surface area contributed by atoms with Gasteiger partial charge < -0.3 is 5.11 Å². The van der Waals surface area contributed by atoms with Gasteiger partial charge in [-0.15, -0.1) is 0 Å². The standard InChI is InChI=1S/C11H9F3O2.Na/c1-7-2-4-8(5-3-7)9(15)6-10(16)11(12,13)14;/h2-6,15H,1H3;/p-1/b9-6-;. The summed E-state index contributed by atoms with van der Waals surface area (Å²) in [6, 6.07) is 5.91. The summed E-state index contributed by atoms with van der Waals surface area (Å²) < 4.78 is 35.6. The van der Waals surface area contributed by atoms with Gasteiger partial charge in [-0.1, -0.05) is 35.6 Å². The molecule has 0 unspecified atom stereocenters. The normalized spacial score (nSPS) is 11.9. The second-order valence-corrected chi connectivity index (χ2v) is 3.24. The number of carbonyl (C=O) groups is 1. The van der Waals surface area contributed by atoms with Crippen molar-refractivity contribution in [2.75, 3.05) is 0 Å². The van der Waals surface area contributed by atoms with Crippen LogP contribution in [0.15, 0.2) is 30.3 Å². The molecule has 0 atom stereocenters. The molecule has 0 aliphatic heterocycles. The molecule has 0 amide bonds. The van der Waals surface area contributed by atoms with Gasteiger partial charge in [0.25, 0.3) is 5.78 Å². The maximum Gasteiger partial charge on any atom is 0.454 e. The fraction of sp³-hybridized carbons (Fsp3) is 0.182. The molecule has 0 heterocycles. The molecule has 1 rings (SSSR count). The van der Waals surface area contributed by atoms with Crippen LogP contribution in [0.2, 0.25) is 0 Å². The van der Waals surface area contributed by atoms with Crippen molar-refractivity contribution >= 4 is 41.1 Å². The Balaban J connectivity index is 0.00000256. The van der Waals surface area contributed by atoms with Gasteiger partial charge in [0.2, 0.25) is 0 Å². The van der Waals surface area contributed by atoms with Crippen molar-refractivity contribution in [1.82, 2.24) is 0 Å². The molecule has 1 aromatic rings. The fourth-order valence-electron chi connectivity index (χ4n) is 1.00. The molecule has 0 aromatic heterocycles. The fourth-order valence-corrected chi connectivity index (χ4v) is 1.00. The third-order valence-electron chi connectivity index (χ3n) is 1.88. The summed E-state index contributed by atoms with van der Waals surface area (Å²) in [5.41, 5.74) is 0.932. The molecule has 0 fully saturated rings. The zero-order valence-electron chi connectivity index (χ0n) is 9.34. The Morgan fingerprint density at radius 2 is 1.71 bits per heavy atom. The van der Waals surface area contributed by atoms with Crippen molar-refractivity contribution in [3.8, 4) is 0 Å². The molecule has 1 radical (unpaired) electrons.